The number of rotatable bonds is 5. The van der Waals surface area contributed by atoms with Crippen LogP contribution >= 0.6 is 11.6 Å². The van der Waals surface area contributed by atoms with Gasteiger partial charge in [-0.15, -0.1) is 0 Å². The van der Waals surface area contributed by atoms with Crippen molar-refractivity contribution in [2.75, 3.05) is 0 Å². The largest absolute Gasteiger partial charge is 0.379 e. The second-order valence-electron chi connectivity index (χ2n) is 5.29. The topological polar surface area (TPSA) is 50.9 Å². The second-order valence-corrected chi connectivity index (χ2v) is 5.72. The summed E-state index contributed by atoms with van der Waals surface area (Å²) in [6.45, 7) is 0.350. The molecule has 0 fully saturated rings. The third-order valence-corrected chi connectivity index (χ3v) is 3.82. The first kappa shape index (κ1) is 15.5. The van der Waals surface area contributed by atoms with Crippen molar-refractivity contribution >= 4 is 17.7 Å². The van der Waals surface area contributed by atoms with Gasteiger partial charge in [-0.05, 0) is 29.8 Å². The van der Waals surface area contributed by atoms with E-state index < -0.39 is 5.60 Å². The lowest BCUT2D eigenvalue weighted by Crippen LogP contribution is -2.28. The maximum atomic E-state index is 11.2. The smallest absolute Gasteiger partial charge is 0.127 e. The number of benzene rings is 1. The fourth-order valence-corrected chi connectivity index (χ4v) is 2.45. The Morgan fingerprint density at radius 2 is 1.96 bits per heavy atom. The van der Waals surface area contributed by atoms with Gasteiger partial charge in [-0.1, -0.05) is 35.9 Å². The van der Waals surface area contributed by atoms with Gasteiger partial charge in [0.15, 0.2) is 0 Å². The molecule has 0 aliphatic carbocycles. The molecule has 3 rings (SSSR count). The lowest BCUT2D eigenvalue weighted by Gasteiger charge is -2.25. The summed E-state index contributed by atoms with van der Waals surface area (Å²) in [5.41, 5.74) is 0.496. The maximum absolute atomic E-state index is 11.2. The molecule has 2 heterocycles. The Morgan fingerprint density at radius 1 is 1.13 bits per heavy atom. The van der Waals surface area contributed by atoms with Crippen LogP contribution < -0.4 is 0 Å². The van der Waals surface area contributed by atoms with E-state index in [9.17, 15) is 5.11 Å². The molecule has 1 atom stereocenters. The molecule has 0 aliphatic rings. The van der Waals surface area contributed by atoms with E-state index in [0.29, 0.717) is 11.6 Å². The third kappa shape index (κ3) is 3.86. The van der Waals surface area contributed by atoms with Crippen molar-refractivity contribution in [3.05, 3.63) is 89.7 Å². The first-order valence-corrected chi connectivity index (χ1v) is 7.57. The van der Waals surface area contributed by atoms with Crippen LogP contribution in [0.25, 0.3) is 6.08 Å². The molecule has 3 aromatic rings. The summed E-state index contributed by atoms with van der Waals surface area (Å²) >= 11 is 5.90. The average Bonchev–Trinajstić information content (AvgIpc) is 3.08. The Bertz CT molecular complexity index is 770. The van der Waals surface area contributed by atoms with Gasteiger partial charge >= 0.3 is 0 Å². The van der Waals surface area contributed by atoms with Crippen LogP contribution in [0, 0.1) is 0 Å². The number of nitrogens with zero attached hydrogens (tertiary/aromatic N) is 3. The van der Waals surface area contributed by atoms with Crippen molar-refractivity contribution in [1.82, 2.24) is 14.5 Å². The van der Waals surface area contributed by atoms with E-state index in [2.05, 4.69) is 9.97 Å². The zero-order valence-corrected chi connectivity index (χ0v) is 13.1. The fourth-order valence-electron chi connectivity index (χ4n) is 2.33. The van der Waals surface area contributed by atoms with Crippen LogP contribution in [0.3, 0.4) is 0 Å². The number of hydrogen-bond donors (Lipinski definition) is 1. The van der Waals surface area contributed by atoms with Crippen molar-refractivity contribution in [3.63, 3.8) is 0 Å². The molecule has 1 N–H and O–H groups in total. The summed E-state index contributed by atoms with van der Waals surface area (Å²) in [5, 5.41) is 11.9. The van der Waals surface area contributed by atoms with Crippen molar-refractivity contribution in [2.45, 2.75) is 12.1 Å². The molecular weight excluding hydrogens is 310 g/mol. The Labute approximate surface area is 139 Å². The molecule has 0 spiro atoms. The normalized spacial score (nSPS) is 14.0. The van der Waals surface area contributed by atoms with Gasteiger partial charge in [-0.25, -0.2) is 4.98 Å². The van der Waals surface area contributed by atoms with Crippen molar-refractivity contribution in [1.29, 1.82) is 0 Å². The minimum atomic E-state index is -1.19. The SMILES string of the molecule is OC(/C=C/c1ccc(Cl)cc1)(Cn1ccnc1)c1cccnc1. The van der Waals surface area contributed by atoms with Crippen molar-refractivity contribution < 1.29 is 5.11 Å². The van der Waals surface area contributed by atoms with Crippen molar-refractivity contribution in [3.8, 4) is 0 Å². The third-order valence-electron chi connectivity index (χ3n) is 3.57. The number of aliphatic hydroxyl groups is 1. The van der Waals surface area contributed by atoms with Gasteiger partial charge in [0.05, 0.1) is 12.9 Å². The lowest BCUT2D eigenvalue weighted by atomic mass is 9.93. The van der Waals surface area contributed by atoms with Crippen LogP contribution in [-0.2, 0) is 12.1 Å². The molecule has 1 aromatic carbocycles. The lowest BCUT2D eigenvalue weighted by molar-refractivity contribution is 0.0701. The maximum Gasteiger partial charge on any atom is 0.127 e. The minimum Gasteiger partial charge on any atom is -0.379 e. The molecule has 116 valence electrons. The van der Waals surface area contributed by atoms with Gasteiger partial charge in [-0.2, -0.15) is 0 Å². The molecule has 5 heteroatoms. The molecule has 0 bridgehead atoms. The van der Waals surface area contributed by atoms with E-state index in [1.54, 1.807) is 31.0 Å². The van der Waals surface area contributed by atoms with Crippen LogP contribution in [0.5, 0.6) is 0 Å². The minimum absolute atomic E-state index is 0.350. The quantitative estimate of drug-likeness (QED) is 0.780. The monoisotopic (exact) mass is 325 g/mol. The van der Waals surface area contributed by atoms with Gasteiger partial charge in [0.25, 0.3) is 0 Å². The highest BCUT2D eigenvalue weighted by Gasteiger charge is 2.27. The summed E-state index contributed by atoms with van der Waals surface area (Å²) in [6, 6.07) is 11.1. The van der Waals surface area contributed by atoms with Crippen molar-refractivity contribution in [2.24, 2.45) is 0 Å². The molecule has 0 aliphatic heterocycles. The van der Waals surface area contributed by atoms with Gasteiger partial charge in [0, 0.05) is 35.4 Å². The predicted octanol–water partition coefficient (Wildman–Crippen LogP) is 3.53. The van der Waals surface area contributed by atoms with Crippen LogP contribution in [0.15, 0.2) is 73.6 Å². The Morgan fingerprint density at radius 3 is 2.61 bits per heavy atom. The number of imidazole rings is 1. The van der Waals surface area contributed by atoms with Crippen LogP contribution in [0.4, 0.5) is 0 Å². The van der Waals surface area contributed by atoms with Crippen LogP contribution in [0.1, 0.15) is 11.1 Å². The first-order chi connectivity index (χ1) is 11.2. The Hall–Kier alpha value is -2.43. The van der Waals surface area contributed by atoms with Crippen LogP contribution in [0.2, 0.25) is 5.02 Å². The van der Waals surface area contributed by atoms with E-state index in [1.165, 1.54) is 0 Å². The fraction of sp³-hybridized carbons (Fsp3) is 0.111. The highest BCUT2D eigenvalue weighted by molar-refractivity contribution is 6.30. The van der Waals surface area contributed by atoms with Crippen LogP contribution in [-0.4, -0.2) is 19.6 Å². The Kier molecular flexibility index (Phi) is 4.55. The number of aromatic nitrogens is 3. The number of hydrogen-bond acceptors (Lipinski definition) is 3. The van der Waals surface area contributed by atoms with E-state index in [4.69, 9.17) is 11.6 Å². The first-order valence-electron chi connectivity index (χ1n) is 7.19. The van der Waals surface area contributed by atoms with Gasteiger partial charge < -0.3 is 9.67 Å². The molecule has 23 heavy (non-hydrogen) atoms. The van der Waals surface area contributed by atoms with Gasteiger partial charge in [0.2, 0.25) is 0 Å². The van der Waals surface area contributed by atoms with Gasteiger partial charge in [0.1, 0.15) is 5.60 Å². The highest BCUT2D eigenvalue weighted by Crippen LogP contribution is 2.25. The molecule has 0 amide bonds. The summed E-state index contributed by atoms with van der Waals surface area (Å²) in [4.78, 5) is 8.14. The summed E-state index contributed by atoms with van der Waals surface area (Å²) in [6.07, 6.45) is 12.2. The highest BCUT2D eigenvalue weighted by atomic mass is 35.5. The molecule has 0 saturated carbocycles. The molecule has 1 unspecified atom stereocenters. The van der Waals surface area contributed by atoms with E-state index in [0.717, 1.165) is 11.1 Å². The zero-order valence-electron chi connectivity index (χ0n) is 12.4. The van der Waals surface area contributed by atoms with E-state index in [-0.39, 0.29) is 0 Å². The predicted molar refractivity (Wildman–Crippen MR) is 90.8 cm³/mol. The summed E-state index contributed by atoms with van der Waals surface area (Å²) in [7, 11) is 0. The molecule has 0 radical (unpaired) electrons. The number of pyridine rings is 1. The molecule has 2 aromatic heterocycles. The second kappa shape index (κ2) is 6.77. The molecule has 4 nitrogen and oxygen atoms in total. The van der Waals surface area contributed by atoms with E-state index in [1.807, 2.05) is 53.2 Å². The molecular formula is C18H16ClN3O. The zero-order chi connectivity index (χ0) is 16.1. The van der Waals surface area contributed by atoms with E-state index >= 15 is 0 Å². The average molecular weight is 326 g/mol. The number of halogens is 1. The summed E-state index contributed by atoms with van der Waals surface area (Å²) in [5.74, 6) is 0. The van der Waals surface area contributed by atoms with Gasteiger partial charge in [-0.3, -0.25) is 4.98 Å². The summed E-state index contributed by atoms with van der Waals surface area (Å²) < 4.78 is 1.83. The molecule has 0 saturated heterocycles. The Balaban J connectivity index is 1.93. The standard InChI is InChI=1S/C18H16ClN3O/c19-17-5-3-15(4-6-17)7-8-18(23,13-22-11-10-21-14-22)16-2-1-9-20-12-16/h1-12,14,23H,13H2/b8-7+.